The van der Waals surface area contributed by atoms with E-state index in [1.807, 2.05) is 29.5 Å². The Hall–Kier alpha value is -0.830. The SMILES string of the molecule is COc1cc(P(C)(=O)N2CCOCC2)ccc1C(C)C. The van der Waals surface area contributed by atoms with Crippen molar-refractivity contribution in [3.63, 3.8) is 0 Å². The van der Waals surface area contributed by atoms with Crippen molar-refractivity contribution in [3.8, 4) is 5.75 Å². The normalized spacial score (nSPS) is 19.9. The summed E-state index contributed by atoms with van der Waals surface area (Å²) in [6.45, 7) is 8.85. The molecule has 1 unspecified atom stereocenters. The monoisotopic (exact) mass is 297 g/mol. The van der Waals surface area contributed by atoms with E-state index < -0.39 is 7.29 Å². The number of ether oxygens (including phenoxy) is 2. The summed E-state index contributed by atoms with van der Waals surface area (Å²) in [4.78, 5) is 0. The average Bonchev–Trinajstić information content (AvgIpc) is 2.47. The molecule has 1 aliphatic rings. The zero-order chi connectivity index (χ0) is 14.8. The molecule has 2 rings (SSSR count). The van der Waals surface area contributed by atoms with Crippen molar-refractivity contribution in [1.82, 2.24) is 4.67 Å². The fraction of sp³-hybridized carbons (Fsp3) is 0.600. The molecule has 0 N–H and O–H groups in total. The lowest BCUT2D eigenvalue weighted by molar-refractivity contribution is 0.0729. The lowest BCUT2D eigenvalue weighted by atomic mass is 10.0. The van der Waals surface area contributed by atoms with Crippen LogP contribution in [0.15, 0.2) is 18.2 Å². The van der Waals surface area contributed by atoms with Crippen LogP contribution in [0.3, 0.4) is 0 Å². The average molecular weight is 297 g/mol. The summed E-state index contributed by atoms with van der Waals surface area (Å²) in [6.07, 6.45) is 0. The second-order valence-electron chi connectivity index (χ2n) is 5.53. The minimum atomic E-state index is -2.54. The molecule has 0 saturated carbocycles. The van der Waals surface area contributed by atoms with Gasteiger partial charge in [-0.3, -0.25) is 0 Å². The number of hydrogen-bond donors (Lipinski definition) is 0. The molecule has 1 heterocycles. The summed E-state index contributed by atoms with van der Waals surface area (Å²) in [5, 5.41) is 0.862. The summed E-state index contributed by atoms with van der Waals surface area (Å²) < 4.78 is 26.0. The van der Waals surface area contributed by atoms with Gasteiger partial charge in [0, 0.05) is 25.1 Å². The molecule has 0 aliphatic carbocycles. The first-order valence-corrected chi connectivity index (χ1v) is 9.16. The van der Waals surface area contributed by atoms with Crippen LogP contribution in [0.25, 0.3) is 0 Å². The van der Waals surface area contributed by atoms with Gasteiger partial charge >= 0.3 is 0 Å². The van der Waals surface area contributed by atoms with Crippen LogP contribution < -0.4 is 10.0 Å². The van der Waals surface area contributed by atoms with Crippen LogP contribution >= 0.6 is 7.29 Å². The van der Waals surface area contributed by atoms with E-state index in [1.165, 1.54) is 0 Å². The maximum Gasteiger partial charge on any atom is 0.176 e. The van der Waals surface area contributed by atoms with E-state index in [4.69, 9.17) is 9.47 Å². The van der Waals surface area contributed by atoms with Gasteiger partial charge in [0.25, 0.3) is 0 Å². The van der Waals surface area contributed by atoms with Crippen molar-refractivity contribution in [1.29, 1.82) is 0 Å². The molecule has 0 aromatic heterocycles. The Labute approximate surface area is 121 Å². The van der Waals surface area contributed by atoms with Gasteiger partial charge in [0.05, 0.1) is 20.3 Å². The van der Waals surface area contributed by atoms with Crippen LogP contribution in [0.2, 0.25) is 0 Å². The molecule has 1 atom stereocenters. The lowest BCUT2D eigenvalue weighted by Gasteiger charge is -2.32. The fourth-order valence-electron chi connectivity index (χ4n) is 2.53. The molecule has 0 bridgehead atoms. The summed E-state index contributed by atoms with van der Waals surface area (Å²) in [5.41, 5.74) is 1.15. The van der Waals surface area contributed by atoms with Gasteiger partial charge in [-0.1, -0.05) is 19.9 Å². The van der Waals surface area contributed by atoms with Crippen molar-refractivity contribution >= 4 is 12.6 Å². The summed E-state index contributed by atoms with van der Waals surface area (Å²) in [7, 11) is -0.870. The number of methoxy groups -OCH3 is 1. The van der Waals surface area contributed by atoms with E-state index in [-0.39, 0.29) is 0 Å². The third-order valence-electron chi connectivity index (χ3n) is 3.85. The van der Waals surface area contributed by atoms with Gasteiger partial charge in [0.1, 0.15) is 5.75 Å². The van der Waals surface area contributed by atoms with Crippen molar-refractivity contribution in [2.24, 2.45) is 0 Å². The first-order chi connectivity index (χ1) is 9.46. The molecule has 5 heteroatoms. The molecule has 1 fully saturated rings. The molecule has 20 heavy (non-hydrogen) atoms. The van der Waals surface area contributed by atoms with Crippen molar-refractivity contribution in [2.75, 3.05) is 40.1 Å². The first-order valence-electron chi connectivity index (χ1n) is 7.06. The zero-order valence-corrected chi connectivity index (χ0v) is 13.7. The minimum absolute atomic E-state index is 0.388. The second kappa shape index (κ2) is 6.30. The predicted molar refractivity (Wildman–Crippen MR) is 82.6 cm³/mol. The number of rotatable bonds is 4. The largest absolute Gasteiger partial charge is 0.496 e. The Bertz CT molecular complexity index is 510. The van der Waals surface area contributed by atoms with Crippen LogP contribution in [0.1, 0.15) is 25.3 Å². The van der Waals surface area contributed by atoms with Gasteiger partial charge in [-0.25, -0.2) is 4.67 Å². The molecule has 1 aliphatic heterocycles. The number of nitrogens with zero attached hydrogens (tertiary/aromatic N) is 1. The number of benzene rings is 1. The molecule has 0 amide bonds. The highest BCUT2D eigenvalue weighted by Crippen LogP contribution is 2.45. The second-order valence-corrected chi connectivity index (χ2v) is 8.37. The standard InChI is InChI=1S/C15H24NO3P/c1-12(2)14-6-5-13(11-15(14)18-3)20(4,17)16-7-9-19-10-8-16/h5-6,11-12H,7-10H2,1-4H3. The van der Waals surface area contributed by atoms with Gasteiger partial charge in [-0.2, -0.15) is 0 Å². The topological polar surface area (TPSA) is 38.8 Å². The summed E-state index contributed by atoms with van der Waals surface area (Å²) in [6, 6.07) is 5.95. The number of hydrogen-bond acceptors (Lipinski definition) is 3. The first kappa shape index (κ1) is 15.6. The Balaban J connectivity index is 2.34. The Morgan fingerprint density at radius 1 is 1.30 bits per heavy atom. The van der Waals surface area contributed by atoms with Crippen LogP contribution in [0.4, 0.5) is 0 Å². The van der Waals surface area contributed by atoms with E-state index in [1.54, 1.807) is 7.11 Å². The van der Waals surface area contributed by atoms with Gasteiger partial charge < -0.3 is 14.0 Å². The Morgan fingerprint density at radius 3 is 2.50 bits per heavy atom. The molecule has 0 radical (unpaired) electrons. The van der Waals surface area contributed by atoms with E-state index >= 15 is 0 Å². The van der Waals surface area contributed by atoms with Crippen LogP contribution in [0.5, 0.6) is 5.75 Å². The molecular weight excluding hydrogens is 273 g/mol. The highest BCUT2D eigenvalue weighted by atomic mass is 31.2. The lowest BCUT2D eigenvalue weighted by Crippen LogP contribution is -2.36. The van der Waals surface area contributed by atoms with Crippen LogP contribution in [-0.4, -0.2) is 44.7 Å². The molecule has 1 saturated heterocycles. The van der Waals surface area contributed by atoms with Crippen molar-refractivity contribution in [2.45, 2.75) is 19.8 Å². The third kappa shape index (κ3) is 3.08. The fourth-order valence-corrected chi connectivity index (χ4v) is 4.49. The number of morpholine rings is 1. The minimum Gasteiger partial charge on any atom is -0.496 e. The molecular formula is C15H24NO3P. The molecule has 1 aromatic carbocycles. The highest BCUT2D eigenvalue weighted by Gasteiger charge is 2.29. The highest BCUT2D eigenvalue weighted by molar-refractivity contribution is 7.68. The van der Waals surface area contributed by atoms with Gasteiger partial charge in [0.2, 0.25) is 0 Å². The van der Waals surface area contributed by atoms with E-state index in [0.29, 0.717) is 19.1 Å². The van der Waals surface area contributed by atoms with Crippen molar-refractivity contribution in [3.05, 3.63) is 23.8 Å². The molecule has 4 nitrogen and oxygen atoms in total. The maximum absolute atomic E-state index is 13.1. The summed E-state index contributed by atoms with van der Waals surface area (Å²) >= 11 is 0. The van der Waals surface area contributed by atoms with Crippen LogP contribution in [0, 0.1) is 0 Å². The van der Waals surface area contributed by atoms with Crippen molar-refractivity contribution < 1.29 is 14.0 Å². The quantitative estimate of drug-likeness (QED) is 0.801. The van der Waals surface area contributed by atoms with E-state index in [0.717, 1.165) is 29.7 Å². The zero-order valence-electron chi connectivity index (χ0n) is 12.8. The Morgan fingerprint density at radius 2 is 1.95 bits per heavy atom. The van der Waals surface area contributed by atoms with Gasteiger partial charge in [-0.15, -0.1) is 0 Å². The van der Waals surface area contributed by atoms with Gasteiger partial charge in [-0.05, 0) is 23.6 Å². The van der Waals surface area contributed by atoms with E-state index in [2.05, 4.69) is 13.8 Å². The molecule has 112 valence electrons. The molecule has 0 spiro atoms. The predicted octanol–water partition coefficient (Wildman–Crippen LogP) is 2.68. The third-order valence-corrected chi connectivity index (χ3v) is 6.56. The van der Waals surface area contributed by atoms with Crippen LogP contribution in [-0.2, 0) is 9.30 Å². The van der Waals surface area contributed by atoms with Gasteiger partial charge in [0.15, 0.2) is 7.29 Å². The molecule has 1 aromatic rings. The maximum atomic E-state index is 13.1. The van der Waals surface area contributed by atoms with E-state index in [9.17, 15) is 4.57 Å². The summed E-state index contributed by atoms with van der Waals surface area (Å²) in [5.74, 6) is 1.21. The smallest absolute Gasteiger partial charge is 0.176 e. The Kier molecular flexibility index (Phi) is 4.90.